The second kappa shape index (κ2) is 6.99. The zero-order valence-electron chi connectivity index (χ0n) is 15.5. The van der Waals surface area contributed by atoms with E-state index in [0.29, 0.717) is 22.5 Å². The monoisotopic (exact) mass is 378 g/mol. The maximum Gasteiger partial charge on any atom is 0.227 e. The van der Waals surface area contributed by atoms with E-state index in [0.717, 1.165) is 5.52 Å². The van der Waals surface area contributed by atoms with Crippen LogP contribution in [0.1, 0.15) is 37.4 Å². The topological polar surface area (TPSA) is 84.0 Å². The van der Waals surface area contributed by atoms with E-state index in [1.165, 1.54) is 12.1 Å². The number of carbonyl (C=O) groups is 2. The van der Waals surface area contributed by atoms with Crippen LogP contribution in [0.25, 0.3) is 11.0 Å². The van der Waals surface area contributed by atoms with E-state index in [4.69, 9.17) is 0 Å². The molecule has 1 aliphatic rings. The van der Waals surface area contributed by atoms with E-state index in [1.54, 1.807) is 20.0 Å². The molecule has 4 rings (SSSR count). The number of amides is 2. The third-order valence-electron chi connectivity index (χ3n) is 4.78. The highest BCUT2D eigenvalue weighted by atomic mass is 19.1. The van der Waals surface area contributed by atoms with E-state index < -0.39 is 11.7 Å². The van der Waals surface area contributed by atoms with Gasteiger partial charge in [0, 0.05) is 30.1 Å². The molecule has 0 saturated heterocycles. The first kappa shape index (κ1) is 18.0. The van der Waals surface area contributed by atoms with Gasteiger partial charge >= 0.3 is 0 Å². The van der Waals surface area contributed by atoms with Gasteiger partial charge in [0.25, 0.3) is 0 Å². The SMILES string of the molecule is CC(C)C(=O)Nc1cc2c(cc1F)C(c1cnc3ccccc3n1)CC(=O)N2. The van der Waals surface area contributed by atoms with Gasteiger partial charge in [0.2, 0.25) is 11.8 Å². The molecule has 0 radical (unpaired) electrons. The molecular weight excluding hydrogens is 359 g/mol. The molecule has 1 aromatic heterocycles. The number of anilines is 2. The highest BCUT2D eigenvalue weighted by Crippen LogP contribution is 2.39. The Balaban J connectivity index is 1.76. The molecule has 0 bridgehead atoms. The van der Waals surface area contributed by atoms with Crippen LogP contribution in [0.3, 0.4) is 0 Å². The van der Waals surface area contributed by atoms with Crippen molar-refractivity contribution in [2.45, 2.75) is 26.2 Å². The fraction of sp³-hybridized carbons (Fsp3) is 0.238. The average Bonchev–Trinajstić information content (AvgIpc) is 2.68. The first-order chi connectivity index (χ1) is 13.4. The van der Waals surface area contributed by atoms with Crippen molar-refractivity contribution in [1.82, 2.24) is 9.97 Å². The molecule has 3 aromatic rings. The Morgan fingerprint density at radius 2 is 2.00 bits per heavy atom. The molecule has 0 aliphatic carbocycles. The van der Waals surface area contributed by atoms with E-state index >= 15 is 0 Å². The predicted molar refractivity (Wildman–Crippen MR) is 104 cm³/mol. The zero-order valence-corrected chi connectivity index (χ0v) is 15.5. The predicted octanol–water partition coefficient (Wildman–Crippen LogP) is 3.84. The van der Waals surface area contributed by atoms with Gasteiger partial charge in [0.05, 0.1) is 22.4 Å². The number of nitrogens with one attached hydrogen (secondary N) is 2. The molecule has 142 valence electrons. The van der Waals surface area contributed by atoms with Crippen LogP contribution in [0.5, 0.6) is 0 Å². The first-order valence-corrected chi connectivity index (χ1v) is 9.08. The smallest absolute Gasteiger partial charge is 0.227 e. The Hall–Kier alpha value is -3.35. The van der Waals surface area contributed by atoms with Crippen molar-refractivity contribution < 1.29 is 14.0 Å². The van der Waals surface area contributed by atoms with Gasteiger partial charge in [-0.1, -0.05) is 26.0 Å². The minimum Gasteiger partial charge on any atom is -0.326 e. The highest BCUT2D eigenvalue weighted by Gasteiger charge is 2.29. The summed E-state index contributed by atoms with van der Waals surface area (Å²) in [7, 11) is 0. The fourth-order valence-electron chi connectivity index (χ4n) is 3.26. The Kier molecular flexibility index (Phi) is 4.50. The Morgan fingerprint density at radius 3 is 2.75 bits per heavy atom. The number of halogens is 1. The lowest BCUT2D eigenvalue weighted by Gasteiger charge is -2.26. The minimum absolute atomic E-state index is 0.0444. The number of hydrogen-bond donors (Lipinski definition) is 2. The third-order valence-corrected chi connectivity index (χ3v) is 4.78. The molecule has 2 N–H and O–H groups in total. The van der Waals surface area contributed by atoms with Crippen LogP contribution in [0, 0.1) is 11.7 Å². The molecule has 1 aliphatic heterocycles. The number of benzene rings is 2. The van der Waals surface area contributed by atoms with Crippen molar-refractivity contribution >= 4 is 34.2 Å². The molecular formula is C21H19FN4O2. The van der Waals surface area contributed by atoms with Crippen LogP contribution in [0.4, 0.5) is 15.8 Å². The summed E-state index contributed by atoms with van der Waals surface area (Å²) in [6, 6.07) is 10.3. The Bertz CT molecular complexity index is 1100. The standard InChI is InChI=1S/C21H19FN4O2/c1-11(2)21(28)26-18-9-17-12(7-14(18)22)13(8-20(27)25-17)19-10-23-15-5-3-4-6-16(15)24-19/h3-7,9-11,13H,8H2,1-2H3,(H,25,27)(H,26,28). The third kappa shape index (κ3) is 3.31. The van der Waals surface area contributed by atoms with Gasteiger partial charge in [-0.05, 0) is 29.8 Å². The normalized spacial score (nSPS) is 16.0. The second-order valence-electron chi connectivity index (χ2n) is 7.15. The molecule has 0 fully saturated rings. The van der Waals surface area contributed by atoms with Crippen LogP contribution in [-0.4, -0.2) is 21.8 Å². The van der Waals surface area contributed by atoms with Gasteiger partial charge in [-0.2, -0.15) is 0 Å². The fourth-order valence-corrected chi connectivity index (χ4v) is 3.26. The Morgan fingerprint density at radius 1 is 1.25 bits per heavy atom. The van der Waals surface area contributed by atoms with Crippen molar-refractivity contribution in [1.29, 1.82) is 0 Å². The largest absolute Gasteiger partial charge is 0.326 e. The first-order valence-electron chi connectivity index (χ1n) is 9.08. The molecule has 2 aromatic carbocycles. The molecule has 6 nitrogen and oxygen atoms in total. The van der Waals surface area contributed by atoms with Gasteiger partial charge < -0.3 is 10.6 Å². The van der Waals surface area contributed by atoms with Crippen molar-refractivity contribution in [3.05, 3.63) is 59.7 Å². The molecule has 2 amide bonds. The van der Waals surface area contributed by atoms with Crippen molar-refractivity contribution in [2.75, 3.05) is 10.6 Å². The van der Waals surface area contributed by atoms with Crippen molar-refractivity contribution in [3.63, 3.8) is 0 Å². The summed E-state index contributed by atoms with van der Waals surface area (Å²) in [5, 5.41) is 5.32. The van der Waals surface area contributed by atoms with Crippen molar-refractivity contribution in [3.8, 4) is 0 Å². The maximum atomic E-state index is 14.7. The number of nitrogens with zero attached hydrogens (tertiary/aromatic N) is 2. The van der Waals surface area contributed by atoms with Crippen LogP contribution < -0.4 is 10.6 Å². The summed E-state index contributed by atoms with van der Waals surface area (Å²) in [6.45, 7) is 3.45. The lowest BCUT2D eigenvalue weighted by atomic mass is 9.87. The summed E-state index contributed by atoms with van der Waals surface area (Å²) in [5.41, 5.74) is 3.20. The number of para-hydroxylation sites is 2. The molecule has 7 heteroatoms. The average molecular weight is 378 g/mol. The minimum atomic E-state index is -0.553. The summed E-state index contributed by atoms with van der Waals surface area (Å²) in [6.07, 6.45) is 1.78. The zero-order chi connectivity index (χ0) is 19.8. The maximum absolute atomic E-state index is 14.7. The van der Waals surface area contributed by atoms with Gasteiger partial charge in [0.1, 0.15) is 5.82 Å². The molecule has 0 saturated carbocycles. The quantitative estimate of drug-likeness (QED) is 0.725. The highest BCUT2D eigenvalue weighted by molar-refractivity contribution is 5.98. The number of fused-ring (bicyclic) bond motifs is 2. The van der Waals surface area contributed by atoms with Crippen LogP contribution in [0.2, 0.25) is 0 Å². The summed E-state index contributed by atoms with van der Waals surface area (Å²) in [5.74, 6) is -1.74. The second-order valence-corrected chi connectivity index (χ2v) is 7.15. The van der Waals surface area contributed by atoms with E-state index in [-0.39, 0.29) is 29.8 Å². The molecule has 0 spiro atoms. The lowest BCUT2D eigenvalue weighted by molar-refractivity contribution is -0.119. The van der Waals surface area contributed by atoms with Gasteiger partial charge in [-0.3, -0.25) is 14.6 Å². The summed E-state index contributed by atoms with van der Waals surface area (Å²) in [4.78, 5) is 33.2. The van der Waals surface area contributed by atoms with Gasteiger partial charge in [-0.25, -0.2) is 9.37 Å². The van der Waals surface area contributed by atoms with E-state index in [9.17, 15) is 14.0 Å². The van der Waals surface area contributed by atoms with E-state index in [1.807, 2.05) is 24.3 Å². The van der Waals surface area contributed by atoms with Crippen LogP contribution >= 0.6 is 0 Å². The molecule has 1 unspecified atom stereocenters. The Labute approximate surface area is 161 Å². The summed E-state index contributed by atoms with van der Waals surface area (Å²) < 4.78 is 14.7. The van der Waals surface area contributed by atoms with Crippen LogP contribution in [-0.2, 0) is 9.59 Å². The number of rotatable bonds is 3. The van der Waals surface area contributed by atoms with E-state index in [2.05, 4.69) is 20.6 Å². The lowest BCUT2D eigenvalue weighted by Crippen LogP contribution is -2.25. The molecule has 2 heterocycles. The van der Waals surface area contributed by atoms with Crippen molar-refractivity contribution in [2.24, 2.45) is 5.92 Å². The summed E-state index contributed by atoms with van der Waals surface area (Å²) >= 11 is 0. The molecule has 28 heavy (non-hydrogen) atoms. The van der Waals surface area contributed by atoms with Gasteiger partial charge in [0.15, 0.2) is 0 Å². The number of aromatic nitrogens is 2. The van der Waals surface area contributed by atoms with Crippen LogP contribution in [0.15, 0.2) is 42.6 Å². The van der Waals surface area contributed by atoms with Gasteiger partial charge in [-0.15, -0.1) is 0 Å². The number of carbonyl (C=O) groups excluding carboxylic acids is 2. The molecule has 1 atom stereocenters. The number of hydrogen-bond acceptors (Lipinski definition) is 4.